The molecular weight excluding hydrogens is 220 g/mol. The van der Waals surface area contributed by atoms with E-state index in [0.29, 0.717) is 12.4 Å². The van der Waals surface area contributed by atoms with E-state index in [4.69, 9.17) is 9.29 Å². The third-order valence-electron chi connectivity index (χ3n) is 1.01. The maximum atomic E-state index is 10.2. The lowest BCUT2D eigenvalue weighted by atomic mass is 10.5. The van der Waals surface area contributed by atoms with Crippen molar-refractivity contribution in [2.45, 2.75) is 5.25 Å². The van der Waals surface area contributed by atoms with Gasteiger partial charge in [-0.1, -0.05) is 0 Å². The Kier molecular flexibility index (Phi) is 6.38. The van der Waals surface area contributed by atoms with Crippen molar-refractivity contribution in [1.82, 2.24) is 0 Å². The molecule has 12 heavy (non-hydrogen) atoms. The van der Waals surface area contributed by atoms with Crippen LogP contribution in [0.5, 0.6) is 0 Å². The van der Waals surface area contributed by atoms with Crippen LogP contribution in [0, 0.1) is 0 Å². The van der Waals surface area contributed by atoms with E-state index >= 15 is 0 Å². The van der Waals surface area contributed by atoms with Gasteiger partial charge in [0.25, 0.3) is 10.1 Å². The van der Waals surface area contributed by atoms with Gasteiger partial charge in [0, 0.05) is 11.0 Å². The molecule has 1 atom stereocenters. The minimum atomic E-state index is -3.90. The molecule has 1 unspecified atom stereocenters. The smallest absolute Gasteiger partial charge is 0.267 e. The Bertz CT molecular complexity index is 201. The Morgan fingerprint density at radius 1 is 1.50 bits per heavy atom. The van der Waals surface area contributed by atoms with E-state index in [-0.39, 0.29) is 17.6 Å². The van der Waals surface area contributed by atoms with Gasteiger partial charge in [0.2, 0.25) is 0 Å². The maximum absolute atomic E-state index is 10.2. The van der Waals surface area contributed by atoms with Crippen LogP contribution in [-0.4, -0.2) is 42.9 Å². The summed E-state index contributed by atoms with van der Waals surface area (Å²) in [5.74, 6) is 0.190. The van der Waals surface area contributed by atoms with Gasteiger partial charge in [0.15, 0.2) is 0 Å². The second-order valence-corrected chi connectivity index (χ2v) is 4.86. The summed E-state index contributed by atoms with van der Waals surface area (Å²) < 4.78 is 33.6. The number of thiol groups is 2. The molecule has 0 amide bonds. The zero-order valence-electron chi connectivity index (χ0n) is 6.38. The molecule has 7 heteroatoms. The number of rotatable bonds is 6. The van der Waals surface area contributed by atoms with Crippen molar-refractivity contribution in [1.29, 1.82) is 0 Å². The van der Waals surface area contributed by atoms with Crippen LogP contribution in [0.1, 0.15) is 0 Å². The molecule has 0 saturated heterocycles. The van der Waals surface area contributed by atoms with Crippen molar-refractivity contribution < 1.29 is 17.7 Å². The fourth-order valence-electron chi connectivity index (χ4n) is 0.436. The second-order valence-electron chi connectivity index (χ2n) is 2.20. The average Bonchev–Trinajstić information content (AvgIpc) is 1.96. The van der Waals surface area contributed by atoms with Crippen LogP contribution >= 0.6 is 25.3 Å². The van der Waals surface area contributed by atoms with Gasteiger partial charge in [-0.15, -0.1) is 0 Å². The van der Waals surface area contributed by atoms with Gasteiger partial charge < -0.3 is 4.74 Å². The predicted molar refractivity (Wildman–Crippen MR) is 53.9 cm³/mol. The second kappa shape index (κ2) is 6.09. The van der Waals surface area contributed by atoms with Gasteiger partial charge in [-0.25, -0.2) is 0 Å². The van der Waals surface area contributed by atoms with E-state index < -0.39 is 10.1 Å². The number of ether oxygens (including phenoxy) is 1. The van der Waals surface area contributed by atoms with Crippen LogP contribution < -0.4 is 0 Å². The van der Waals surface area contributed by atoms with Gasteiger partial charge in [-0.3, -0.25) is 4.55 Å². The van der Waals surface area contributed by atoms with E-state index in [1.54, 1.807) is 0 Å². The van der Waals surface area contributed by atoms with E-state index in [2.05, 4.69) is 25.3 Å². The molecule has 0 bridgehead atoms. The van der Waals surface area contributed by atoms with Crippen LogP contribution in [0.15, 0.2) is 0 Å². The lowest BCUT2D eigenvalue weighted by Gasteiger charge is -2.06. The molecule has 0 aromatic heterocycles. The van der Waals surface area contributed by atoms with Crippen molar-refractivity contribution >= 4 is 35.4 Å². The molecule has 74 valence electrons. The van der Waals surface area contributed by atoms with Crippen LogP contribution in [-0.2, 0) is 14.9 Å². The van der Waals surface area contributed by atoms with Crippen molar-refractivity contribution in [2.24, 2.45) is 0 Å². The van der Waals surface area contributed by atoms with Gasteiger partial charge in [-0.05, 0) is 0 Å². The summed E-state index contributed by atoms with van der Waals surface area (Å²) in [6.07, 6.45) is 0. The van der Waals surface area contributed by atoms with Crippen LogP contribution in [0.4, 0.5) is 0 Å². The first-order chi connectivity index (χ1) is 5.45. The van der Waals surface area contributed by atoms with E-state index in [0.717, 1.165) is 0 Å². The summed E-state index contributed by atoms with van der Waals surface area (Å²) in [6.45, 7) is 0.325. The lowest BCUT2D eigenvalue weighted by Crippen LogP contribution is -2.16. The quantitative estimate of drug-likeness (QED) is 0.346. The molecule has 0 saturated carbocycles. The fourth-order valence-corrected chi connectivity index (χ4v) is 0.976. The third kappa shape index (κ3) is 8.66. The third-order valence-corrected chi connectivity index (χ3v) is 2.75. The summed E-state index contributed by atoms with van der Waals surface area (Å²) >= 11 is 8.01. The monoisotopic (exact) mass is 232 g/mol. The molecule has 0 fully saturated rings. The van der Waals surface area contributed by atoms with Crippen molar-refractivity contribution in [2.75, 3.05) is 24.7 Å². The van der Waals surface area contributed by atoms with Gasteiger partial charge in [0.05, 0.1) is 19.0 Å². The highest BCUT2D eigenvalue weighted by molar-refractivity contribution is 7.85. The molecule has 0 radical (unpaired) electrons. The van der Waals surface area contributed by atoms with Crippen LogP contribution in [0.3, 0.4) is 0 Å². The Labute approximate surface area is 83.3 Å². The normalized spacial score (nSPS) is 14.6. The standard InChI is InChI=1S/C5H12O4S3/c6-12(7,8)2-1-9-3-5(11)4-10/h5,10-11H,1-4H2,(H,6,7,8). The summed E-state index contributed by atoms with van der Waals surface area (Å²) in [5, 5.41) is -0.00488. The average molecular weight is 232 g/mol. The van der Waals surface area contributed by atoms with E-state index in [1.807, 2.05) is 0 Å². The van der Waals surface area contributed by atoms with Crippen molar-refractivity contribution in [3.63, 3.8) is 0 Å². The predicted octanol–water partition coefficient (Wildman–Crippen LogP) is 0.119. The number of hydrogen-bond acceptors (Lipinski definition) is 5. The first-order valence-corrected chi connectivity index (χ1v) is 6.03. The first kappa shape index (κ1) is 12.6. The molecule has 0 aromatic carbocycles. The summed E-state index contributed by atoms with van der Waals surface area (Å²) in [5.41, 5.74) is 0. The summed E-state index contributed by atoms with van der Waals surface area (Å²) in [7, 11) is -3.90. The Hall–Kier alpha value is 0.570. The minimum absolute atomic E-state index is 0.00488. The highest BCUT2D eigenvalue weighted by atomic mass is 32.2. The van der Waals surface area contributed by atoms with Gasteiger partial charge in [-0.2, -0.15) is 33.7 Å². The van der Waals surface area contributed by atoms with Gasteiger partial charge >= 0.3 is 0 Å². The fraction of sp³-hybridized carbons (Fsp3) is 1.00. The van der Waals surface area contributed by atoms with E-state index in [9.17, 15) is 8.42 Å². The molecule has 0 heterocycles. The summed E-state index contributed by atoms with van der Waals surface area (Å²) in [4.78, 5) is 0. The van der Waals surface area contributed by atoms with Gasteiger partial charge in [0.1, 0.15) is 0 Å². The molecule has 0 aliphatic heterocycles. The first-order valence-electron chi connectivity index (χ1n) is 3.27. The zero-order valence-corrected chi connectivity index (χ0v) is 8.99. The molecule has 0 aliphatic rings. The maximum Gasteiger partial charge on any atom is 0.267 e. The molecule has 4 nitrogen and oxygen atoms in total. The zero-order chi connectivity index (χ0) is 9.61. The van der Waals surface area contributed by atoms with Crippen molar-refractivity contribution in [3.8, 4) is 0 Å². The van der Waals surface area contributed by atoms with Crippen LogP contribution in [0.2, 0.25) is 0 Å². The summed E-state index contributed by atoms with van der Waals surface area (Å²) in [6, 6.07) is 0. The Morgan fingerprint density at radius 3 is 2.50 bits per heavy atom. The SMILES string of the molecule is O=S(=O)(O)CCOCC(S)CS. The number of hydrogen-bond donors (Lipinski definition) is 3. The molecule has 1 N–H and O–H groups in total. The highest BCUT2D eigenvalue weighted by Crippen LogP contribution is 1.97. The largest absolute Gasteiger partial charge is 0.379 e. The van der Waals surface area contributed by atoms with E-state index in [1.165, 1.54) is 0 Å². The minimum Gasteiger partial charge on any atom is -0.379 e. The Balaban J connectivity index is 3.34. The highest BCUT2D eigenvalue weighted by Gasteiger charge is 2.05. The molecule has 0 rings (SSSR count). The molecule has 0 aliphatic carbocycles. The molecule has 0 aromatic rings. The van der Waals surface area contributed by atoms with Crippen molar-refractivity contribution in [3.05, 3.63) is 0 Å². The molecule has 0 spiro atoms. The Morgan fingerprint density at radius 2 is 2.08 bits per heavy atom. The topological polar surface area (TPSA) is 63.6 Å². The lowest BCUT2D eigenvalue weighted by molar-refractivity contribution is 0.153. The van der Waals surface area contributed by atoms with Crippen LogP contribution in [0.25, 0.3) is 0 Å². The molecular formula is C5H12O4S3.